The monoisotopic (exact) mass is 547 g/mol. The highest BCUT2D eigenvalue weighted by molar-refractivity contribution is 5.94. The zero-order valence-electron chi connectivity index (χ0n) is 22.0. The molecule has 1 atom stereocenters. The number of carboxylic acids is 1. The Morgan fingerprint density at radius 2 is 1.93 bits per heavy atom. The lowest BCUT2D eigenvalue weighted by molar-refractivity contribution is -0.134. The fourth-order valence-corrected chi connectivity index (χ4v) is 4.15. The zero-order chi connectivity index (χ0) is 28.6. The number of benzene rings is 2. The Hall–Kier alpha value is -5.04. The van der Waals surface area contributed by atoms with E-state index in [1.165, 1.54) is 0 Å². The summed E-state index contributed by atoms with van der Waals surface area (Å²) >= 11 is 0. The summed E-state index contributed by atoms with van der Waals surface area (Å²) in [5, 5.41) is 19.6. The van der Waals surface area contributed by atoms with Crippen LogP contribution in [0.2, 0.25) is 0 Å². The standard InChI is InChI=1S/C25H25N7O4.C2H4O2/c1-34-20-13-17(12-18-14-35-9-10-36-21(18)20)19(11-15-3-5-16(6-4-15)22(26)27)23-30-25(33)32(31-23)24-28-7-2-8-29-24;1-2(3)4/h2-8,12-13,19H,9-11,14H2,1H3,(H3,26,27)(H,30,31,33);1H3,(H,3,4). The molecule has 13 nitrogen and oxygen atoms in total. The lowest BCUT2D eigenvalue weighted by Crippen LogP contribution is -2.18. The summed E-state index contributed by atoms with van der Waals surface area (Å²) < 4.78 is 18.4. The van der Waals surface area contributed by atoms with E-state index in [4.69, 9.17) is 35.3 Å². The number of aromatic nitrogens is 5. The number of nitrogens with one attached hydrogen (secondary N) is 2. The van der Waals surface area contributed by atoms with Crippen LogP contribution in [0.5, 0.6) is 11.5 Å². The molecule has 2 aromatic carbocycles. The summed E-state index contributed by atoms with van der Waals surface area (Å²) in [6.45, 7) is 2.37. The molecule has 0 fully saturated rings. The zero-order valence-corrected chi connectivity index (χ0v) is 22.0. The second kappa shape index (κ2) is 12.7. The molecule has 5 rings (SSSR count). The molecule has 0 spiro atoms. The Morgan fingerprint density at radius 1 is 1.23 bits per heavy atom. The van der Waals surface area contributed by atoms with Crippen LogP contribution in [0.3, 0.4) is 0 Å². The van der Waals surface area contributed by atoms with E-state index in [-0.39, 0.29) is 17.7 Å². The van der Waals surface area contributed by atoms with Gasteiger partial charge >= 0.3 is 5.69 Å². The topological polar surface area (TPSA) is 191 Å². The molecule has 1 aliphatic heterocycles. The Kier molecular flexibility index (Phi) is 8.86. The molecule has 5 N–H and O–H groups in total. The molecule has 0 radical (unpaired) electrons. The fourth-order valence-electron chi connectivity index (χ4n) is 4.15. The number of amidine groups is 1. The van der Waals surface area contributed by atoms with E-state index in [2.05, 4.69) is 20.1 Å². The van der Waals surface area contributed by atoms with Crippen LogP contribution in [-0.4, -0.2) is 62.0 Å². The molecule has 1 aliphatic rings. The van der Waals surface area contributed by atoms with Gasteiger partial charge in [0, 0.05) is 36.4 Å². The number of nitrogens with two attached hydrogens (primary N) is 1. The number of nitrogens with zero attached hydrogens (tertiary/aromatic N) is 4. The number of fused-ring (bicyclic) bond motifs is 1. The first-order chi connectivity index (χ1) is 19.3. The van der Waals surface area contributed by atoms with Crippen LogP contribution >= 0.6 is 0 Å². The number of methoxy groups -OCH3 is 1. The number of aliphatic carboxylic acids is 1. The molecule has 1 unspecified atom stereocenters. The van der Waals surface area contributed by atoms with E-state index in [1.54, 1.807) is 37.7 Å². The number of H-pyrrole nitrogens is 1. The SMILES string of the molecule is CC(=O)O.COc1cc(C(Cc2ccc(C(=N)N)cc2)c2nn(-c3ncccn3)c(=O)[nH]2)cc2c1OCCOC2. The normalized spacial score (nSPS) is 13.1. The molecule has 0 saturated heterocycles. The third kappa shape index (κ3) is 6.69. The molecule has 3 heterocycles. The van der Waals surface area contributed by atoms with E-state index in [9.17, 15) is 4.79 Å². The number of hydrogen-bond donors (Lipinski definition) is 4. The quantitative estimate of drug-likeness (QED) is 0.197. The smallest absolute Gasteiger partial charge is 0.350 e. The van der Waals surface area contributed by atoms with Crippen molar-refractivity contribution >= 4 is 11.8 Å². The van der Waals surface area contributed by atoms with Gasteiger partial charge in [-0.05, 0) is 35.7 Å². The number of rotatable bonds is 7. The maximum atomic E-state index is 12.8. The van der Waals surface area contributed by atoms with Crippen molar-refractivity contribution < 1.29 is 24.1 Å². The van der Waals surface area contributed by atoms with Crippen molar-refractivity contribution in [2.75, 3.05) is 20.3 Å². The van der Waals surface area contributed by atoms with Crippen molar-refractivity contribution in [3.8, 4) is 17.4 Å². The van der Waals surface area contributed by atoms with E-state index in [0.717, 1.165) is 28.3 Å². The first-order valence-electron chi connectivity index (χ1n) is 12.3. The van der Waals surface area contributed by atoms with Gasteiger partial charge in [-0.25, -0.2) is 14.8 Å². The molecule has 4 aromatic rings. The maximum absolute atomic E-state index is 12.8. The highest BCUT2D eigenvalue weighted by Crippen LogP contribution is 2.38. The summed E-state index contributed by atoms with van der Waals surface area (Å²) in [4.78, 5) is 33.0. The van der Waals surface area contributed by atoms with Crippen molar-refractivity contribution in [2.24, 2.45) is 5.73 Å². The molecule has 2 aromatic heterocycles. The predicted molar refractivity (Wildman–Crippen MR) is 144 cm³/mol. The summed E-state index contributed by atoms with van der Waals surface area (Å²) in [6.07, 6.45) is 3.60. The van der Waals surface area contributed by atoms with Crippen LogP contribution in [0.25, 0.3) is 5.95 Å². The number of carbonyl (C=O) groups is 1. The minimum absolute atomic E-state index is 0.000442. The Bertz CT molecular complexity index is 1530. The predicted octanol–water partition coefficient (Wildman–Crippen LogP) is 2.02. The Morgan fingerprint density at radius 3 is 2.58 bits per heavy atom. The summed E-state index contributed by atoms with van der Waals surface area (Å²) in [6, 6.07) is 13.0. The summed E-state index contributed by atoms with van der Waals surface area (Å²) in [7, 11) is 1.59. The molecule has 13 heteroatoms. The molecule has 0 amide bonds. The van der Waals surface area contributed by atoms with Gasteiger partial charge < -0.3 is 25.1 Å². The lowest BCUT2D eigenvalue weighted by atomic mass is 9.89. The number of ether oxygens (including phenoxy) is 3. The van der Waals surface area contributed by atoms with Crippen molar-refractivity contribution in [2.45, 2.75) is 25.9 Å². The van der Waals surface area contributed by atoms with Gasteiger partial charge in [-0.3, -0.25) is 15.2 Å². The molecule has 0 bridgehead atoms. The average molecular weight is 548 g/mol. The molecular weight excluding hydrogens is 518 g/mol. The van der Waals surface area contributed by atoms with Gasteiger partial charge in [0.25, 0.3) is 11.9 Å². The first kappa shape index (κ1) is 28.0. The van der Waals surface area contributed by atoms with Gasteiger partial charge in [0.15, 0.2) is 11.5 Å². The number of carboxylic acid groups (broad SMARTS) is 1. The number of aromatic amines is 1. The van der Waals surface area contributed by atoms with Crippen molar-refractivity contribution in [3.63, 3.8) is 0 Å². The minimum atomic E-state index is -0.833. The molecule has 208 valence electrons. The molecule has 40 heavy (non-hydrogen) atoms. The highest BCUT2D eigenvalue weighted by atomic mass is 16.5. The van der Waals surface area contributed by atoms with Crippen LogP contribution in [0.4, 0.5) is 0 Å². The van der Waals surface area contributed by atoms with Gasteiger partial charge in [-0.1, -0.05) is 24.3 Å². The van der Waals surface area contributed by atoms with Gasteiger partial charge in [0.2, 0.25) is 0 Å². The second-order valence-electron chi connectivity index (χ2n) is 8.77. The molecular formula is C27H29N7O6. The van der Waals surface area contributed by atoms with Gasteiger partial charge in [0.1, 0.15) is 18.3 Å². The van der Waals surface area contributed by atoms with E-state index in [0.29, 0.717) is 49.1 Å². The van der Waals surface area contributed by atoms with Crippen LogP contribution in [0, 0.1) is 5.41 Å². The van der Waals surface area contributed by atoms with Crippen LogP contribution < -0.4 is 20.9 Å². The van der Waals surface area contributed by atoms with Gasteiger partial charge in [-0.2, -0.15) is 0 Å². The van der Waals surface area contributed by atoms with Crippen molar-refractivity contribution in [1.82, 2.24) is 24.7 Å². The van der Waals surface area contributed by atoms with E-state index < -0.39 is 11.7 Å². The Balaban J connectivity index is 0.000000867. The van der Waals surface area contributed by atoms with Crippen LogP contribution in [-0.2, 0) is 22.6 Å². The average Bonchev–Trinajstić information content (AvgIpc) is 3.16. The maximum Gasteiger partial charge on any atom is 0.350 e. The van der Waals surface area contributed by atoms with Crippen molar-refractivity contribution in [1.29, 1.82) is 5.41 Å². The van der Waals surface area contributed by atoms with Gasteiger partial charge in [0.05, 0.1) is 20.3 Å². The minimum Gasteiger partial charge on any atom is -0.493 e. The lowest BCUT2D eigenvalue weighted by Gasteiger charge is -2.19. The molecule has 0 aliphatic carbocycles. The Labute approximate surface area is 229 Å². The third-order valence-electron chi connectivity index (χ3n) is 5.92. The largest absolute Gasteiger partial charge is 0.493 e. The summed E-state index contributed by atoms with van der Waals surface area (Å²) in [5.74, 6) is 0.669. The van der Waals surface area contributed by atoms with Crippen LogP contribution in [0.1, 0.15) is 40.9 Å². The van der Waals surface area contributed by atoms with Crippen LogP contribution in [0.15, 0.2) is 59.7 Å². The van der Waals surface area contributed by atoms with E-state index >= 15 is 0 Å². The van der Waals surface area contributed by atoms with Crippen molar-refractivity contribution in [3.05, 3.63) is 93.4 Å². The fraction of sp³-hybridized carbons (Fsp3) is 0.259. The molecule has 0 saturated carbocycles. The van der Waals surface area contributed by atoms with Gasteiger partial charge in [-0.15, -0.1) is 9.78 Å². The first-order valence-corrected chi connectivity index (χ1v) is 12.3. The number of hydrogen-bond acceptors (Lipinski definition) is 9. The number of nitrogen functional groups attached to an aromatic ring is 1. The summed E-state index contributed by atoms with van der Waals surface area (Å²) in [5.41, 5.74) is 8.49. The second-order valence-corrected chi connectivity index (χ2v) is 8.77. The van der Waals surface area contributed by atoms with E-state index in [1.807, 2.05) is 24.3 Å². The third-order valence-corrected chi connectivity index (χ3v) is 5.92. The highest BCUT2D eigenvalue weighted by Gasteiger charge is 2.25.